The number of hydrogen-bond donors (Lipinski definition) is 0. The third-order valence-corrected chi connectivity index (χ3v) is 13.0. The Hall–Kier alpha value is 1.05. The summed E-state index contributed by atoms with van der Waals surface area (Å²) in [6.07, 6.45) is 4.79. The van der Waals surface area contributed by atoms with Gasteiger partial charge in [0.05, 0.1) is 27.7 Å². The lowest BCUT2D eigenvalue weighted by Crippen LogP contribution is -2.28. The molecule has 0 aliphatic carbocycles. The zero-order valence-electron chi connectivity index (χ0n) is 14.2. The second-order valence-electron chi connectivity index (χ2n) is 5.87. The number of ether oxygens (including phenoxy) is 2. The Balaban J connectivity index is 4.11. The standard InChI is InChI=1S/C14H34O2S2Si2/c1-7-9-11-15-13(19(3)4)17-18-14(20(5)6)16-12-10-8-2/h13-14,19-20H,7-12H2,1-6H3. The first-order chi connectivity index (χ1) is 9.52. The quantitative estimate of drug-likeness (QED) is 0.206. The predicted octanol–water partition coefficient (Wildman–Crippen LogP) is 4.71. The summed E-state index contributed by atoms with van der Waals surface area (Å²) in [7, 11) is 2.34. The Bertz CT molecular complexity index is 197. The van der Waals surface area contributed by atoms with Crippen LogP contribution in [0.3, 0.4) is 0 Å². The van der Waals surface area contributed by atoms with E-state index in [1.54, 1.807) is 0 Å². The normalized spacial score (nSPS) is 15.0. The summed E-state index contributed by atoms with van der Waals surface area (Å²) in [4.78, 5) is 0. The molecule has 0 radical (unpaired) electrons. The van der Waals surface area contributed by atoms with Gasteiger partial charge in [-0.3, -0.25) is 0 Å². The highest BCUT2D eigenvalue weighted by Crippen LogP contribution is 2.35. The van der Waals surface area contributed by atoms with Gasteiger partial charge < -0.3 is 9.47 Å². The number of hydrogen-bond acceptors (Lipinski definition) is 4. The third kappa shape index (κ3) is 10.7. The van der Waals surface area contributed by atoms with Gasteiger partial charge in [0.15, 0.2) is 0 Å². The van der Waals surface area contributed by atoms with E-state index in [4.69, 9.17) is 9.47 Å². The second-order valence-corrected chi connectivity index (χ2v) is 15.5. The molecule has 0 aromatic rings. The first-order valence-electron chi connectivity index (χ1n) is 8.08. The number of unbranched alkanes of at least 4 members (excludes halogenated alkanes) is 2. The lowest BCUT2D eigenvalue weighted by molar-refractivity contribution is 0.149. The minimum Gasteiger partial charge on any atom is -0.371 e. The van der Waals surface area contributed by atoms with Crippen LogP contribution in [0.4, 0.5) is 0 Å². The molecule has 0 amide bonds. The monoisotopic (exact) mass is 354 g/mol. The summed E-state index contributed by atoms with van der Waals surface area (Å²) in [6, 6.07) is 0. The van der Waals surface area contributed by atoms with Crippen molar-refractivity contribution in [3.8, 4) is 0 Å². The van der Waals surface area contributed by atoms with Gasteiger partial charge in [-0.2, -0.15) is 0 Å². The highest BCUT2D eigenvalue weighted by molar-refractivity contribution is 8.77. The van der Waals surface area contributed by atoms with Crippen molar-refractivity contribution in [1.29, 1.82) is 0 Å². The topological polar surface area (TPSA) is 18.5 Å². The average molecular weight is 355 g/mol. The molecule has 2 unspecified atom stereocenters. The van der Waals surface area contributed by atoms with E-state index in [1.165, 1.54) is 25.7 Å². The lowest BCUT2D eigenvalue weighted by Gasteiger charge is -2.24. The molecule has 2 nitrogen and oxygen atoms in total. The van der Waals surface area contributed by atoms with Crippen LogP contribution >= 0.6 is 21.6 Å². The molecule has 0 bridgehead atoms. The van der Waals surface area contributed by atoms with Crippen LogP contribution in [0.2, 0.25) is 26.2 Å². The van der Waals surface area contributed by atoms with Gasteiger partial charge in [-0.1, -0.05) is 74.5 Å². The van der Waals surface area contributed by atoms with Crippen LogP contribution in [0.1, 0.15) is 39.5 Å². The lowest BCUT2D eigenvalue weighted by atomic mass is 10.4. The zero-order chi connectivity index (χ0) is 15.4. The van der Waals surface area contributed by atoms with Crippen LogP contribution in [-0.2, 0) is 9.47 Å². The molecule has 0 aliphatic rings. The first-order valence-corrected chi connectivity index (χ1v) is 16.3. The predicted molar refractivity (Wildman–Crippen MR) is 102 cm³/mol. The molecule has 0 fully saturated rings. The Labute approximate surface area is 137 Å². The Morgan fingerprint density at radius 1 is 0.750 bits per heavy atom. The van der Waals surface area contributed by atoms with Crippen LogP contribution < -0.4 is 0 Å². The van der Waals surface area contributed by atoms with Crippen molar-refractivity contribution < 1.29 is 9.47 Å². The van der Waals surface area contributed by atoms with Gasteiger partial charge in [0.25, 0.3) is 0 Å². The van der Waals surface area contributed by atoms with E-state index < -0.39 is 17.6 Å². The second kappa shape index (κ2) is 13.7. The zero-order valence-corrected chi connectivity index (χ0v) is 18.1. The maximum Gasteiger partial charge on any atom is 0.0975 e. The van der Waals surface area contributed by atoms with Gasteiger partial charge in [0.2, 0.25) is 0 Å². The summed E-state index contributed by atoms with van der Waals surface area (Å²) in [5.41, 5.74) is 0. The van der Waals surface area contributed by atoms with Crippen LogP contribution in [-0.4, -0.2) is 40.9 Å². The average Bonchev–Trinajstić information content (AvgIpc) is 2.39. The van der Waals surface area contributed by atoms with Crippen molar-refractivity contribution in [2.75, 3.05) is 13.2 Å². The van der Waals surface area contributed by atoms with E-state index in [1.807, 2.05) is 21.6 Å². The summed E-state index contributed by atoms with van der Waals surface area (Å²) in [5, 5.41) is 0.855. The van der Waals surface area contributed by atoms with E-state index >= 15 is 0 Å². The maximum atomic E-state index is 6.06. The van der Waals surface area contributed by atoms with Crippen LogP contribution in [0.25, 0.3) is 0 Å². The van der Waals surface area contributed by atoms with Crippen molar-refractivity contribution in [2.45, 2.75) is 75.8 Å². The molecule has 0 spiro atoms. The molecule has 0 saturated heterocycles. The summed E-state index contributed by atoms with van der Waals surface area (Å²) < 4.78 is 12.1. The SMILES string of the molecule is CCCCOC(SSC(OCCCC)[SiH](C)C)[SiH](C)C. The van der Waals surface area contributed by atoms with E-state index in [0.29, 0.717) is 10.1 Å². The van der Waals surface area contributed by atoms with Crippen LogP contribution in [0.15, 0.2) is 0 Å². The summed E-state index contributed by atoms with van der Waals surface area (Å²) >= 11 is 0. The van der Waals surface area contributed by atoms with Crippen molar-refractivity contribution in [1.82, 2.24) is 0 Å². The van der Waals surface area contributed by atoms with E-state index in [-0.39, 0.29) is 0 Å². The fourth-order valence-electron chi connectivity index (χ4n) is 1.46. The first kappa shape index (κ1) is 21.1. The van der Waals surface area contributed by atoms with Gasteiger partial charge in [0.1, 0.15) is 0 Å². The summed E-state index contributed by atoms with van der Waals surface area (Å²) in [5.74, 6) is 0. The molecular formula is C14H34O2S2Si2. The molecule has 6 heteroatoms. The van der Waals surface area contributed by atoms with Gasteiger partial charge in [-0.05, 0) is 12.8 Å². The van der Waals surface area contributed by atoms with E-state index in [9.17, 15) is 0 Å². The van der Waals surface area contributed by atoms with Gasteiger partial charge in [-0.25, -0.2) is 0 Å². The molecule has 0 N–H and O–H groups in total. The van der Waals surface area contributed by atoms with Crippen molar-refractivity contribution >= 4 is 39.2 Å². The fourth-order valence-corrected chi connectivity index (χ4v) is 10.9. The number of rotatable bonds is 13. The van der Waals surface area contributed by atoms with Crippen LogP contribution in [0, 0.1) is 0 Å². The Morgan fingerprint density at radius 3 is 1.35 bits per heavy atom. The fraction of sp³-hybridized carbons (Fsp3) is 1.00. The molecule has 0 heterocycles. The third-order valence-electron chi connectivity index (χ3n) is 2.89. The van der Waals surface area contributed by atoms with Gasteiger partial charge >= 0.3 is 0 Å². The molecule has 20 heavy (non-hydrogen) atoms. The van der Waals surface area contributed by atoms with Crippen LogP contribution in [0.5, 0.6) is 0 Å². The molecule has 0 rings (SSSR count). The maximum absolute atomic E-state index is 6.06. The Morgan fingerprint density at radius 2 is 1.10 bits per heavy atom. The molecule has 122 valence electrons. The largest absolute Gasteiger partial charge is 0.371 e. The molecule has 0 aromatic heterocycles. The van der Waals surface area contributed by atoms with Gasteiger partial charge in [-0.15, -0.1) is 0 Å². The van der Waals surface area contributed by atoms with E-state index in [2.05, 4.69) is 40.0 Å². The van der Waals surface area contributed by atoms with Crippen molar-refractivity contribution in [3.63, 3.8) is 0 Å². The van der Waals surface area contributed by atoms with E-state index in [0.717, 1.165) is 13.2 Å². The smallest absolute Gasteiger partial charge is 0.0975 e. The highest BCUT2D eigenvalue weighted by Gasteiger charge is 2.22. The van der Waals surface area contributed by atoms with Crippen molar-refractivity contribution in [2.24, 2.45) is 0 Å². The molecule has 0 saturated carbocycles. The molecular weight excluding hydrogens is 320 g/mol. The molecule has 2 atom stereocenters. The Kier molecular flexibility index (Phi) is 14.4. The van der Waals surface area contributed by atoms with Gasteiger partial charge in [0, 0.05) is 13.2 Å². The highest BCUT2D eigenvalue weighted by atomic mass is 33.1. The minimum atomic E-state index is -0.772. The molecule has 0 aliphatic heterocycles. The molecule has 0 aromatic carbocycles. The minimum absolute atomic E-state index is 0.427. The van der Waals surface area contributed by atoms with Crippen molar-refractivity contribution in [3.05, 3.63) is 0 Å². The summed E-state index contributed by atoms with van der Waals surface area (Å²) in [6.45, 7) is 15.8.